The number of amides is 1. The fourth-order valence-corrected chi connectivity index (χ4v) is 5.20. The molecule has 1 saturated carbocycles. The van der Waals surface area contributed by atoms with Crippen LogP contribution >= 0.6 is 22.9 Å². The molecular formula is C18H19N3O3S2. The Labute approximate surface area is 159 Å². The predicted octanol–water partition coefficient (Wildman–Crippen LogP) is 4.26. The molecule has 0 aromatic carbocycles. The first kappa shape index (κ1) is 17.4. The Balaban J connectivity index is 1.66. The summed E-state index contributed by atoms with van der Waals surface area (Å²) in [5.41, 5.74) is 2.63. The summed E-state index contributed by atoms with van der Waals surface area (Å²) in [5, 5.41) is 13.8. The van der Waals surface area contributed by atoms with E-state index in [1.807, 2.05) is 13.8 Å². The first-order chi connectivity index (χ1) is 12.5. The van der Waals surface area contributed by atoms with Gasteiger partial charge in [0.25, 0.3) is 5.91 Å². The second-order valence-electron chi connectivity index (χ2n) is 6.79. The van der Waals surface area contributed by atoms with Gasteiger partial charge >= 0.3 is 5.97 Å². The van der Waals surface area contributed by atoms with Crippen LogP contribution < -0.4 is 5.32 Å². The third-order valence-electron chi connectivity index (χ3n) is 4.96. The lowest BCUT2D eigenvalue weighted by molar-refractivity contribution is -0.133. The van der Waals surface area contributed by atoms with Crippen LogP contribution in [0.2, 0.25) is 0 Å². The number of aliphatic carboxylic acids is 1. The van der Waals surface area contributed by atoms with Gasteiger partial charge in [-0.25, -0.2) is 9.78 Å². The van der Waals surface area contributed by atoms with Crippen molar-refractivity contribution in [2.24, 2.45) is 0 Å². The van der Waals surface area contributed by atoms with E-state index < -0.39 is 5.97 Å². The van der Waals surface area contributed by atoms with Crippen molar-refractivity contribution < 1.29 is 14.7 Å². The number of carboxylic acids is 1. The largest absolute Gasteiger partial charge is 0.478 e. The molecule has 0 saturated heterocycles. The molecule has 0 aliphatic heterocycles. The standard InChI is InChI=1S/C18H19N3O3S2/c1-8-9(2)25-16(13(8)17-19-14(21-26-17)10-6-7-10)20-15(22)11-4-3-5-12(11)18(23)24/h10H,3-7H2,1-2H3,(H,20,22)(H,23,24). The maximum Gasteiger partial charge on any atom is 0.332 e. The lowest BCUT2D eigenvalue weighted by atomic mass is 10.1. The minimum atomic E-state index is -0.996. The number of nitrogens with zero attached hydrogens (tertiary/aromatic N) is 2. The highest BCUT2D eigenvalue weighted by Gasteiger charge is 2.30. The Bertz CT molecular complexity index is 938. The number of carboxylic acid groups (broad SMARTS) is 1. The Morgan fingerprint density at radius 3 is 2.62 bits per heavy atom. The van der Waals surface area contributed by atoms with Gasteiger partial charge in [-0.05, 0) is 63.0 Å². The molecule has 0 bridgehead atoms. The molecule has 0 atom stereocenters. The maximum atomic E-state index is 12.7. The third kappa shape index (κ3) is 3.07. The fourth-order valence-electron chi connectivity index (χ4n) is 3.23. The second-order valence-corrected chi connectivity index (χ2v) is 8.77. The lowest BCUT2D eigenvalue weighted by Crippen LogP contribution is -2.16. The van der Waals surface area contributed by atoms with Crippen LogP contribution in [0.4, 0.5) is 5.00 Å². The first-order valence-electron chi connectivity index (χ1n) is 8.66. The molecule has 8 heteroatoms. The van der Waals surface area contributed by atoms with E-state index in [0.29, 0.717) is 30.8 Å². The molecule has 1 fully saturated rings. The summed E-state index contributed by atoms with van der Waals surface area (Å²) in [5.74, 6) is 0.0796. The van der Waals surface area contributed by atoms with Crippen molar-refractivity contribution in [3.05, 3.63) is 27.4 Å². The number of nitrogens with one attached hydrogen (secondary N) is 1. The summed E-state index contributed by atoms with van der Waals surface area (Å²) < 4.78 is 4.47. The van der Waals surface area contributed by atoms with Gasteiger partial charge in [0.2, 0.25) is 0 Å². The minimum absolute atomic E-state index is 0.237. The Morgan fingerprint density at radius 2 is 1.92 bits per heavy atom. The quantitative estimate of drug-likeness (QED) is 0.797. The van der Waals surface area contributed by atoms with E-state index in [4.69, 9.17) is 0 Å². The Hall–Kier alpha value is -2.06. The predicted molar refractivity (Wildman–Crippen MR) is 102 cm³/mol. The van der Waals surface area contributed by atoms with Crippen LogP contribution in [0.3, 0.4) is 0 Å². The van der Waals surface area contributed by atoms with Crippen molar-refractivity contribution in [1.82, 2.24) is 9.36 Å². The van der Waals surface area contributed by atoms with E-state index in [9.17, 15) is 14.7 Å². The lowest BCUT2D eigenvalue weighted by Gasteiger charge is -2.07. The minimum Gasteiger partial charge on any atom is -0.478 e. The van der Waals surface area contributed by atoms with Gasteiger partial charge in [-0.1, -0.05) is 0 Å². The molecule has 6 nitrogen and oxygen atoms in total. The molecule has 2 aliphatic rings. The van der Waals surface area contributed by atoms with Gasteiger partial charge in [-0.2, -0.15) is 4.37 Å². The summed E-state index contributed by atoms with van der Waals surface area (Å²) in [6.07, 6.45) is 3.97. The van der Waals surface area contributed by atoms with Crippen LogP contribution in [0, 0.1) is 13.8 Å². The maximum absolute atomic E-state index is 12.7. The molecule has 0 radical (unpaired) electrons. The number of carbonyl (C=O) groups excluding carboxylic acids is 1. The Kier molecular flexibility index (Phi) is 4.40. The number of rotatable bonds is 5. The van der Waals surface area contributed by atoms with E-state index in [2.05, 4.69) is 14.7 Å². The van der Waals surface area contributed by atoms with Crippen molar-refractivity contribution in [1.29, 1.82) is 0 Å². The van der Waals surface area contributed by atoms with Crippen LogP contribution in [0.5, 0.6) is 0 Å². The number of thiophene rings is 1. The molecule has 136 valence electrons. The molecule has 2 aliphatic carbocycles. The van der Waals surface area contributed by atoms with Crippen LogP contribution in [-0.2, 0) is 9.59 Å². The summed E-state index contributed by atoms with van der Waals surface area (Å²) in [7, 11) is 0. The average molecular weight is 390 g/mol. The van der Waals surface area contributed by atoms with E-state index in [1.54, 1.807) is 0 Å². The van der Waals surface area contributed by atoms with Gasteiger partial charge in [-0.3, -0.25) is 4.79 Å². The number of aromatic nitrogens is 2. The topological polar surface area (TPSA) is 92.2 Å². The van der Waals surface area contributed by atoms with Crippen LogP contribution in [0.15, 0.2) is 11.1 Å². The average Bonchev–Trinajstić information content (AvgIpc) is 3.04. The molecule has 0 unspecified atom stereocenters. The van der Waals surface area contributed by atoms with Gasteiger partial charge in [-0.15, -0.1) is 11.3 Å². The highest BCUT2D eigenvalue weighted by molar-refractivity contribution is 7.18. The Morgan fingerprint density at radius 1 is 1.19 bits per heavy atom. The highest BCUT2D eigenvalue weighted by atomic mass is 32.1. The van der Waals surface area contributed by atoms with Crippen LogP contribution in [0.25, 0.3) is 10.6 Å². The van der Waals surface area contributed by atoms with Crippen molar-refractivity contribution >= 4 is 39.7 Å². The van der Waals surface area contributed by atoms with Crippen LogP contribution in [-0.4, -0.2) is 26.3 Å². The molecule has 2 aromatic heterocycles. The molecule has 2 heterocycles. The second kappa shape index (κ2) is 6.59. The summed E-state index contributed by atoms with van der Waals surface area (Å²) in [6.45, 7) is 4.03. The van der Waals surface area contributed by atoms with E-state index in [-0.39, 0.29) is 11.5 Å². The molecule has 1 amide bonds. The number of aryl methyl sites for hydroxylation is 1. The normalized spacial score (nSPS) is 17.0. The van der Waals surface area contributed by atoms with Crippen molar-refractivity contribution in [2.45, 2.75) is 51.9 Å². The number of hydrogen-bond acceptors (Lipinski definition) is 6. The summed E-state index contributed by atoms with van der Waals surface area (Å²) in [4.78, 5) is 29.8. The smallest absolute Gasteiger partial charge is 0.332 e. The monoisotopic (exact) mass is 389 g/mol. The number of carbonyl (C=O) groups is 2. The highest BCUT2D eigenvalue weighted by Crippen LogP contribution is 2.44. The van der Waals surface area contributed by atoms with E-state index in [1.165, 1.54) is 22.9 Å². The van der Waals surface area contributed by atoms with Gasteiger partial charge in [0.1, 0.15) is 15.8 Å². The van der Waals surface area contributed by atoms with Gasteiger partial charge in [0.15, 0.2) is 0 Å². The fraction of sp³-hybridized carbons (Fsp3) is 0.444. The van der Waals surface area contributed by atoms with E-state index in [0.717, 1.165) is 44.7 Å². The zero-order chi connectivity index (χ0) is 18.4. The SMILES string of the molecule is Cc1sc(NC(=O)C2=C(C(=O)O)CCC2)c(-c2nc(C3CC3)ns2)c1C. The van der Waals surface area contributed by atoms with Gasteiger partial charge in [0, 0.05) is 21.9 Å². The van der Waals surface area contributed by atoms with E-state index >= 15 is 0 Å². The molecule has 2 aromatic rings. The number of anilines is 1. The molecule has 4 rings (SSSR count). The van der Waals surface area contributed by atoms with Crippen molar-refractivity contribution in [3.63, 3.8) is 0 Å². The molecular weight excluding hydrogens is 370 g/mol. The van der Waals surface area contributed by atoms with Crippen molar-refractivity contribution in [3.8, 4) is 10.6 Å². The van der Waals surface area contributed by atoms with Crippen molar-refractivity contribution in [2.75, 3.05) is 5.32 Å². The summed E-state index contributed by atoms with van der Waals surface area (Å²) >= 11 is 2.87. The zero-order valence-electron chi connectivity index (χ0n) is 14.6. The third-order valence-corrected chi connectivity index (χ3v) is 6.83. The first-order valence-corrected chi connectivity index (χ1v) is 10.2. The van der Waals surface area contributed by atoms with Crippen LogP contribution in [0.1, 0.15) is 54.3 Å². The zero-order valence-corrected chi connectivity index (χ0v) is 16.2. The van der Waals surface area contributed by atoms with Gasteiger partial charge in [0.05, 0.1) is 5.56 Å². The summed E-state index contributed by atoms with van der Waals surface area (Å²) in [6, 6.07) is 0. The molecule has 2 N–H and O–H groups in total. The van der Waals surface area contributed by atoms with Gasteiger partial charge < -0.3 is 10.4 Å². The molecule has 26 heavy (non-hydrogen) atoms. The number of hydrogen-bond donors (Lipinski definition) is 2. The molecule has 0 spiro atoms.